The fourth-order valence-corrected chi connectivity index (χ4v) is 1.93. The highest BCUT2D eigenvalue weighted by atomic mass is 16.1. The minimum Gasteiger partial charge on any atom is -0.289 e. The van der Waals surface area contributed by atoms with E-state index in [2.05, 4.69) is 13.8 Å². The van der Waals surface area contributed by atoms with Gasteiger partial charge in [0.05, 0.1) is 0 Å². The van der Waals surface area contributed by atoms with E-state index in [9.17, 15) is 4.79 Å². The molecule has 0 saturated heterocycles. The third-order valence-corrected chi connectivity index (χ3v) is 3.54. The first-order valence-corrected chi connectivity index (χ1v) is 6.18. The lowest BCUT2D eigenvalue weighted by atomic mass is 9.97. The third-order valence-electron chi connectivity index (χ3n) is 3.54. The largest absolute Gasteiger partial charge is 0.289 e. The summed E-state index contributed by atoms with van der Waals surface area (Å²) in [5.41, 5.74) is 6.27. The Bertz CT molecular complexity index is 556. The van der Waals surface area contributed by atoms with Gasteiger partial charge < -0.3 is 0 Å². The molecule has 0 bridgehead atoms. The molecular formula is C17H18O. The Morgan fingerprint density at radius 1 is 0.667 bits per heavy atom. The molecule has 0 radical (unpaired) electrons. The first kappa shape index (κ1) is 12.6. The maximum atomic E-state index is 12.4. The number of aryl methyl sites for hydroxylation is 4. The minimum atomic E-state index is 0.0983. The second kappa shape index (κ2) is 4.77. The summed E-state index contributed by atoms with van der Waals surface area (Å²) in [6, 6.07) is 11.7. The summed E-state index contributed by atoms with van der Waals surface area (Å²) in [5.74, 6) is 0.0983. The van der Waals surface area contributed by atoms with E-state index in [1.165, 1.54) is 11.1 Å². The molecule has 0 heterocycles. The van der Waals surface area contributed by atoms with Crippen molar-refractivity contribution in [3.8, 4) is 0 Å². The second-order valence-electron chi connectivity index (χ2n) is 4.93. The number of benzene rings is 2. The van der Waals surface area contributed by atoms with Crippen LogP contribution in [0, 0.1) is 27.7 Å². The molecule has 2 aromatic rings. The van der Waals surface area contributed by atoms with Crippen molar-refractivity contribution in [3.05, 3.63) is 69.8 Å². The van der Waals surface area contributed by atoms with Crippen LogP contribution in [0.5, 0.6) is 0 Å². The molecule has 18 heavy (non-hydrogen) atoms. The Morgan fingerprint density at radius 2 is 1.06 bits per heavy atom. The summed E-state index contributed by atoms with van der Waals surface area (Å²) in [7, 11) is 0. The van der Waals surface area contributed by atoms with Crippen LogP contribution in [0.2, 0.25) is 0 Å². The molecule has 92 valence electrons. The molecule has 0 atom stereocenters. The molecule has 0 aliphatic heterocycles. The predicted octanol–water partition coefficient (Wildman–Crippen LogP) is 4.15. The zero-order valence-electron chi connectivity index (χ0n) is 11.4. The van der Waals surface area contributed by atoms with Crippen molar-refractivity contribution < 1.29 is 4.79 Å². The predicted molar refractivity (Wildman–Crippen MR) is 75.3 cm³/mol. The van der Waals surface area contributed by atoms with Gasteiger partial charge in [-0.15, -0.1) is 0 Å². The average molecular weight is 238 g/mol. The van der Waals surface area contributed by atoms with E-state index in [1.807, 2.05) is 50.2 Å². The van der Waals surface area contributed by atoms with Crippen LogP contribution in [0.15, 0.2) is 36.4 Å². The lowest BCUT2D eigenvalue weighted by Gasteiger charge is -2.07. The van der Waals surface area contributed by atoms with Crippen LogP contribution in [0.1, 0.15) is 38.2 Å². The molecule has 0 unspecified atom stereocenters. The Balaban J connectivity index is 2.41. The standard InChI is InChI=1S/C17H18O/c1-11-5-7-15(9-13(11)3)17(18)16-8-6-12(2)14(4)10-16/h5-10H,1-4H3. The molecule has 1 heteroatoms. The van der Waals surface area contributed by atoms with Gasteiger partial charge in [0, 0.05) is 11.1 Å². The summed E-state index contributed by atoms with van der Waals surface area (Å²) < 4.78 is 0. The summed E-state index contributed by atoms with van der Waals surface area (Å²) >= 11 is 0. The molecule has 0 amide bonds. The van der Waals surface area contributed by atoms with Crippen LogP contribution >= 0.6 is 0 Å². The summed E-state index contributed by atoms with van der Waals surface area (Å²) in [5, 5.41) is 0. The quantitative estimate of drug-likeness (QED) is 0.718. The van der Waals surface area contributed by atoms with Crippen molar-refractivity contribution in [3.63, 3.8) is 0 Å². The molecule has 2 rings (SSSR count). The van der Waals surface area contributed by atoms with Crippen molar-refractivity contribution in [1.82, 2.24) is 0 Å². The zero-order valence-corrected chi connectivity index (χ0v) is 11.4. The highest BCUT2D eigenvalue weighted by Crippen LogP contribution is 2.16. The maximum absolute atomic E-state index is 12.4. The SMILES string of the molecule is Cc1ccc(C(=O)c2ccc(C)c(C)c2)cc1C. The first-order chi connectivity index (χ1) is 8.49. The average Bonchev–Trinajstić information content (AvgIpc) is 2.35. The van der Waals surface area contributed by atoms with Gasteiger partial charge in [-0.25, -0.2) is 0 Å². The van der Waals surface area contributed by atoms with Crippen molar-refractivity contribution in [1.29, 1.82) is 0 Å². The van der Waals surface area contributed by atoms with Gasteiger partial charge in [-0.3, -0.25) is 4.79 Å². The number of hydrogen-bond acceptors (Lipinski definition) is 1. The molecule has 0 aromatic heterocycles. The van der Waals surface area contributed by atoms with Crippen LogP contribution in [0.4, 0.5) is 0 Å². The van der Waals surface area contributed by atoms with Crippen LogP contribution in [0.3, 0.4) is 0 Å². The van der Waals surface area contributed by atoms with Gasteiger partial charge in [-0.1, -0.05) is 24.3 Å². The molecule has 0 aliphatic rings. The van der Waals surface area contributed by atoms with Crippen molar-refractivity contribution in [2.75, 3.05) is 0 Å². The van der Waals surface area contributed by atoms with E-state index in [4.69, 9.17) is 0 Å². The normalized spacial score (nSPS) is 10.4. The van der Waals surface area contributed by atoms with Crippen LogP contribution in [-0.4, -0.2) is 5.78 Å². The summed E-state index contributed by atoms with van der Waals surface area (Å²) in [4.78, 5) is 12.4. The van der Waals surface area contributed by atoms with Gasteiger partial charge in [-0.2, -0.15) is 0 Å². The van der Waals surface area contributed by atoms with Gasteiger partial charge in [0.15, 0.2) is 5.78 Å². The van der Waals surface area contributed by atoms with Crippen LogP contribution in [0.25, 0.3) is 0 Å². The lowest BCUT2D eigenvalue weighted by molar-refractivity contribution is 0.103. The van der Waals surface area contributed by atoms with Gasteiger partial charge in [0.2, 0.25) is 0 Å². The molecule has 2 aromatic carbocycles. The Morgan fingerprint density at radius 3 is 1.39 bits per heavy atom. The number of ketones is 1. The van der Waals surface area contributed by atoms with E-state index >= 15 is 0 Å². The molecule has 0 aliphatic carbocycles. The summed E-state index contributed by atoms with van der Waals surface area (Å²) in [6.07, 6.45) is 0. The topological polar surface area (TPSA) is 17.1 Å². The van der Waals surface area contributed by atoms with E-state index in [0.29, 0.717) is 0 Å². The van der Waals surface area contributed by atoms with E-state index in [0.717, 1.165) is 22.3 Å². The molecular weight excluding hydrogens is 220 g/mol. The Labute approximate surface area is 108 Å². The maximum Gasteiger partial charge on any atom is 0.193 e. The van der Waals surface area contributed by atoms with Gasteiger partial charge in [0.1, 0.15) is 0 Å². The number of hydrogen-bond donors (Lipinski definition) is 0. The molecule has 0 N–H and O–H groups in total. The fourth-order valence-electron chi connectivity index (χ4n) is 1.93. The van der Waals surface area contributed by atoms with Gasteiger partial charge in [-0.05, 0) is 62.1 Å². The monoisotopic (exact) mass is 238 g/mol. The summed E-state index contributed by atoms with van der Waals surface area (Å²) in [6.45, 7) is 8.18. The van der Waals surface area contributed by atoms with E-state index in [1.54, 1.807) is 0 Å². The minimum absolute atomic E-state index is 0.0983. The first-order valence-electron chi connectivity index (χ1n) is 6.18. The van der Waals surface area contributed by atoms with Gasteiger partial charge >= 0.3 is 0 Å². The van der Waals surface area contributed by atoms with Crippen LogP contribution < -0.4 is 0 Å². The van der Waals surface area contributed by atoms with Crippen LogP contribution in [-0.2, 0) is 0 Å². The zero-order chi connectivity index (χ0) is 13.3. The molecule has 0 saturated carbocycles. The third kappa shape index (κ3) is 2.35. The highest BCUT2D eigenvalue weighted by molar-refractivity contribution is 6.09. The number of carbonyl (C=O) groups excluding carboxylic acids is 1. The lowest BCUT2D eigenvalue weighted by Crippen LogP contribution is -2.03. The van der Waals surface area contributed by atoms with Crippen molar-refractivity contribution >= 4 is 5.78 Å². The van der Waals surface area contributed by atoms with E-state index in [-0.39, 0.29) is 5.78 Å². The molecule has 0 spiro atoms. The fraction of sp³-hybridized carbons (Fsp3) is 0.235. The number of rotatable bonds is 2. The van der Waals surface area contributed by atoms with Gasteiger partial charge in [0.25, 0.3) is 0 Å². The highest BCUT2D eigenvalue weighted by Gasteiger charge is 2.10. The Kier molecular flexibility index (Phi) is 3.33. The second-order valence-corrected chi connectivity index (χ2v) is 4.93. The Hall–Kier alpha value is -1.89. The smallest absolute Gasteiger partial charge is 0.193 e. The van der Waals surface area contributed by atoms with Crippen molar-refractivity contribution in [2.24, 2.45) is 0 Å². The molecule has 0 fully saturated rings. The van der Waals surface area contributed by atoms with E-state index < -0.39 is 0 Å². The molecule has 1 nitrogen and oxygen atoms in total. The number of carbonyl (C=O) groups is 1. The van der Waals surface area contributed by atoms with Crippen molar-refractivity contribution in [2.45, 2.75) is 27.7 Å².